The fourth-order valence-electron chi connectivity index (χ4n) is 1.94. The molecule has 6 heteroatoms. The predicted octanol–water partition coefficient (Wildman–Crippen LogP) is 2.30. The number of benzene rings is 1. The Labute approximate surface area is 116 Å². The quantitative estimate of drug-likeness (QED) is 0.923. The number of hydrogen-bond acceptors (Lipinski definition) is 3. The molecule has 4 nitrogen and oxygen atoms in total. The van der Waals surface area contributed by atoms with Crippen LogP contribution in [0.4, 0.5) is 0 Å². The molecule has 18 heavy (non-hydrogen) atoms. The predicted molar refractivity (Wildman–Crippen MR) is 72.9 cm³/mol. The molecule has 0 spiro atoms. The zero-order valence-electron chi connectivity index (χ0n) is 10.1. The van der Waals surface area contributed by atoms with Crippen molar-refractivity contribution in [1.29, 1.82) is 0 Å². The topological polar surface area (TPSA) is 55.4 Å². The standard InChI is InChI=1S/C12H16BrNO3S/c1-12(5-7-17-8-6-12)14-18(15,16)11-4-2-3-10(13)9-11/h2-4,9,14H,5-8H2,1H3. The Morgan fingerprint density at radius 1 is 1.33 bits per heavy atom. The van der Waals surface area contributed by atoms with Crippen molar-refractivity contribution < 1.29 is 13.2 Å². The van der Waals surface area contributed by atoms with Gasteiger partial charge in [-0.25, -0.2) is 13.1 Å². The fourth-order valence-corrected chi connectivity index (χ4v) is 4.00. The Balaban J connectivity index is 2.21. The first kappa shape index (κ1) is 14.0. The van der Waals surface area contributed by atoms with Crippen LogP contribution < -0.4 is 4.72 Å². The third kappa shape index (κ3) is 3.32. The van der Waals surface area contributed by atoms with E-state index in [1.807, 2.05) is 6.92 Å². The number of hydrogen-bond donors (Lipinski definition) is 1. The van der Waals surface area contributed by atoms with E-state index in [-0.39, 0.29) is 4.90 Å². The van der Waals surface area contributed by atoms with Gasteiger partial charge in [-0.15, -0.1) is 0 Å². The zero-order valence-corrected chi connectivity index (χ0v) is 12.6. The van der Waals surface area contributed by atoms with Crippen molar-refractivity contribution in [2.75, 3.05) is 13.2 Å². The molecule has 0 unspecified atom stereocenters. The average molecular weight is 334 g/mol. The van der Waals surface area contributed by atoms with Crippen LogP contribution in [0, 0.1) is 0 Å². The molecule has 0 saturated carbocycles. The molecule has 1 aliphatic rings. The van der Waals surface area contributed by atoms with Gasteiger partial charge in [0.15, 0.2) is 0 Å². The summed E-state index contributed by atoms with van der Waals surface area (Å²) in [7, 11) is -3.48. The smallest absolute Gasteiger partial charge is 0.241 e. The van der Waals surface area contributed by atoms with Crippen molar-refractivity contribution in [2.45, 2.75) is 30.2 Å². The summed E-state index contributed by atoms with van der Waals surface area (Å²) < 4.78 is 33.4. The fraction of sp³-hybridized carbons (Fsp3) is 0.500. The van der Waals surface area contributed by atoms with Gasteiger partial charge in [0, 0.05) is 23.2 Å². The second-order valence-electron chi connectivity index (χ2n) is 4.74. The summed E-state index contributed by atoms with van der Waals surface area (Å²) in [5, 5.41) is 0. The molecule has 1 heterocycles. The van der Waals surface area contributed by atoms with Crippen molar-refractivity contribution in [2.24, 2.45) is 0 Å². The third-order valence-electron chi connectivity index (χ3n) is 3.08. The van der Waals surface area contributed by atoms with E-state index in [9.17, 15) is 8.42 Å². The summed E-state index contributed by atoms with van der Waals surface area (Å²) >= 11 is 3.28. The molecule has 0 aliphatic carbocycles. The van der Waals surface area contributed by atoms with Crippen LogP contribution in [-0.4, -0.2) is 27.2 Å². The lowest BCUT2D eigenvalue weighted by atomic mass is 9.94. The van der Waals surface area contributed by atoms with E-state index in [4.69, 9.17) is 4.74 Å². The van der Waals surface area contributed by atoms with Gasteiger partial charge < -0.3 is 4.74 Å². The molecule has 0 bridgehead atoms. The lowest BCUT2D eigenvalue weighted by Gasteiger charge is -2.34. The SMILES string of the molecule is CC1(NS(=O)(=O)c2cccc(Br)c2)CCOCC1. The highest BCUT2D eigenvalue weighted by Gasteiger charge is 2.32. The summed E-state index contributed by atoms with van der Waals surface area (Å²) in [6.45, 7) is 3.11. The van der Waals surface area contributed by atoms with Crippen molar-refractivity contribution in [3.63, 3.8) is 0 Å². The van der Waals surface area contributed by atoms with Gasteiger partial charge in [-0.1, -0.05) is 22.0 Å². The zero-order chi connectivity index (χ0) is 13.2. The van der Waals surface area contributed by atoms with Crippen LogP contribution in [0.5, 0.6) is 0 Å². The van der Waals surface area contributed by atoms with Crippen LogP contribution in [0.15, 0.2) is 33.6 Å². The van der Waals surface area contributed by atoms with E-state index in [0.29, 0.717) is 26.1 Å². The number of ether oxygens (including phenoxy) is 1. The Bertz CT molecular complexity index is 524. The third-order valence-corrected chi connectivity index (χ3v) is 5.21. The van der Waals surface area contributed by atoms with Gasteiger partial charge in [0.1, 0.15) is 0 Å². The highest BCUT2D eigenvalue weighted by atomic mass is 79.9. The van der Waals surface area contributed by atoms with Gasteiger partial charge in [0.05, 0.1) is 4.90 Å². The second kappa shape index (κ2) is 5.28. The molecule has 0 aromatic heterocycles. The van der Waals surface area contributed by atoms with Crippen LogP contribution in [-0.2, 0) is 14.8 Å². The average Bonchev–Trinajstić information content (AvgIpc) is 2.28. The van der Waals surface area contributed by atoms with Crippen molar-refractivity contribution in [1.82, 2.24) is 4.72 Å². The van der Waals surface area contributed by atoms with Gasteiger partial charge >= 0.3 is 0 Å². The number of rotatable bonds is 3. The molecule has 1 aromatic rings. The Morgan fingerprint density at radius 2 is 2.00 bits per heavy atom. The van der Waals surface area contributed by atoms with E-state index in [1.54, 1.807) is 24.3 Å². The molecule has 100 valence electrons. The molecule has 0 amide bonds. The molecule has 1 fully saturated rings. The molecule has 1 N–H and O–H groups in total. The number of nitrogens with one attached hydrogen (secondary N) is 1. The highest BCUT2D eigenvalue weighted by molar-refractivity contribution is 9.10. The van der Waals surface area contributed by atoms with Gasteiger partial charge in [0.25, 0.3) is 0 Å². The summed E-state index contributed by atoms with van der Waals surface area (Å²) in [5.74, 6) is 0. The second-order valence-corrected chi connectivity index (χ2v) is 7.33. The van der Waals surface area contributed by atoms with Gasteiger partial charge in [-0.3, -0.25) is 0 Å². The van der Waals surface area contributed by atoms with Crippen LogP contribution in [0.25, 0.3) is 0 Å². The largest absolute Gasteiger partial charge is 0.381 e. The minimum absolute atomic E-state index is 0.282. The van der Waals surface area contributed by atoms with E-state index < -0.39 is 15.6 Å². The number of halogens is 1. The molecule has 1 aliphatic heterocycles. The molecular weight excluding hydrogens is 318 g/mol. The van der Waals surface area contributed by atoms with E-state index in [1.165, 1.54) is 0 Å². The molecule has 1 saturated heterocycles. The Kier molecular flexibility index (Phi) is 4.11. The molecule has 1 aromatic carbocycles. The molecular formula is C12H16BrNO3S. The van der Waals surface area contributed by atoms with Gasteiger partial charge in [-0.05, 0) is 38.0 Å². The normalized spacial score (nSPS) is 19.7. The lowest BCUT2D eigenvalue weighted by Crippen LogP contribution is -2.49. The van der Waals surface area contributed by atoms with E-state index in [2.05, 4.69) is 20.7 Å². The van der Waals surface area contributed by atoms with Crippen molar-refractivity contribution in [3.8, 4) is 0 Å². The maximum absolute atomic E-state index is 12.3. The van der Waals surface area contributed by atoms with Crippen LogP contribution >= 0.6 is 15.9 Å². The van der Waals surface area contributed by atoms with Gasteiger partial charge in [0.2, 0.25) is 10.0 Å². The minimum Gasteiger partial charge on any atom is -0.381 e. The highest BCUT2D eigenvalue weighted by Crippen LogP contribution is 2.24. The van der Waals surface area contributed by atoms with Crippen LogP contribution in [0.2, 0.25) is 0 Å². The summed E-state index contributed by atoms with van der Waals surface area (Å²) in [5.41, 5.74) is -0.417. The maximum Gasteiger partial charge on any atom is 0.241 e. The first-order valence-electron chi connectivity index (χ1n) is 5.79. The van der Waals surface area contributed by atoms with E-state index in [0.717, 1.165) is 4.47 Å². The molecule has 0 atom stereocenters. The van der Waals surface area contributed by atoms with E-state index >= 15 is 0 Å². The molecule has 2 rings (SSSR count). The molecule has 0 radical (unpaired) electrons. The van der Waals surface area contributed by atoms with Crippen LogP contribution in [0.1, 0.15) is 19.8 Å². The minimum atomic E-state index is -3.48. The summed E-state index contributed by atoms with van der Waals surface area (Å²) in [6, 6.07) is 6.71. The monoisotopic (exact) mass is 333 g/mol. The first-order chi connectivity index (χ1) is 8.41. The summed E-state index contributed by atoms with van der Waals surface area (Å²) in [6.07, 6.45) is 1.39. The first-order valence-corrected chi connectivity index (χ1v) is 8.06. The van der Waals surface area contributed by atoms with Crippen molar-refractivity contribution >= 4 is 26.0 Å². The van der Waals surface area contributed by atoms with Crippen LogP contribution in [0.3, 0.4) is 0 Å². The van der Waals surface area contributed by atoms with Crippen molar-refractivity contribution in [3.05, 3.63) is 28.7 Å². The number of sulfonamides is 1. The summed E-state index contributed by atoms with van der Waals surface area (Å²) in [4.78, 5) is 0.282. The van der Waals surface area contributed by atoms with Gasteiger partial charge in [-0.2, -0.15) is 0 Å². The lowest BCUT2D eigenvalue weighted by molar-refractivity contribution is 0.0537. The Hall–Kier alpha value is -0.430. The Morgan fingerprint density at radius 3 is 2.61 bits per heavy atom. The maximum atomic E-state index is 12.3.